The minimum atomic E-state index is -4.72. The SMILES string of the molecule is O=S(=O)(CCNCc1ccc(-c2ccc3ncnc(Nc4ccc(OCc5cccc(F)c5)c(C(F)(F)F)c4)c3c2)o1)c1ccccc1. The van der Waals surface area contributed by atoms with Gasteiger partial charge in [-0.25, -0.2) is 22.8 Å². The van der Waals surface area contributed by atoms with Crippen molar-refractivity contribution in [3.8, 4) is 17.1 Å². The van der Waals surface area contributed by atoms with Gasteiger partial charge in [-0.05, 0) is 78.4 Å². The highest BCUT2D eigenvalue weighted by molar-refractivity contribution is 7.91. The maximum Gasteiger partial charge on any atom is 0.420 e. The first-order valence-electron chi connectivity index (χ1n) is 14.7. The molecule has 4 aromatic carbocycles. The number of hydrogen-bond donors (Lipinski definition) is 2. The maximum absolute atomic E-state index is 14.0. The molecule has 2 N–H and O–H groups in total. The van der Waals surface area contributed by atoms with Gasteiger partial charge in [0.2, 0.25) is 0 Å². The molecule has 0 bridgehead atoms. The lowest BCUT2D eigenvalue weighted by atomic mass is 10.1. The number of nitrogens with one attached hydrogen (secondary N) is 2. The van der Waals surface area contributed by atoms with Crippen LogP contribution in [0.25, 0.3) is 22.2 Å². The third-order valence-electron chi connectivity index (χ3n) is 7.36. The van der Waals surface area contributed by atoms with Crippen LogP contribution in [0.1, 0.15) is 16.9 Å². The average molecular weight is 677 g/mol. The standard InChI is InChI=1S/C35H28F4N4O4S/c36-25-6-4-5-23(17-25)21-46-33-13-10-26(19-30(33)35(37,38)39)43-34-29-18-24(9-12-31(29)41-22-42-34)32-14-11-27(47-32)20-40-15-16-48(44,45)28-7-2-1-3-8-28/h1-14,17-19,22,40H,15-16,20-21H2,(H,41,42,43). The largest absolute Gasteiger partial charge is 0.488 e. The molecule has 0 saturated heterocycles. The second-order valence-electron chi connectivity index (χ2n) is 10.8. The Kier molecular flexibility index (Phi) is 9.42. The number of aromatic nitrogens is 2. The first kappa shape index (κ1) is 32.7. The molecule has 0 spiro atoms. The lowest BCUT2D eigenvalue weighted by Gasteiger charge is -2.16. The Morgan fingerprint density at radius 1 is 0.854 bits per heavy atom. The van der Waals surface area contributed by atoms with E-state index in [-0.39, 0.29) is 35.3 Å². The first-order valence-corrected chi connectivity index (χ1v) is 16.4. The van der Waals surface area contributed by atoms with Crippen LogP contribution in [0, 0.1) is 5.82 Å². The number of nitrogens with zero attached hydrogens (tertiary/aromatic N) is 2. The van der Waals surface area contributed by atoms with Crippen LogP contribution in [0.2, 0.25) is 0 Å². The lowest BCUT2D eigenvalue weighted by Crippen LogP contribution is -2.22. The van der Waals surface area contributed by atoms with Gasteiger partial charge in [-0.15, -0.1) is 0 Å². The Labute approximate surface area is 273 Å². The number of hydrogen-bond acceptors (Lipinski definition) is 8. The number of benzene rings is 4. The molecule has 0 unspecified atom stereocenters. The van der Waals surface area contributed by atoms with Crippen LogP contribution in [0.15, 0.2) is 119 Å². The molecule has 48 heavy (non-hydrogen) atoms. The zero-order chi connectivity index (χ0) is 33.7. The molecule has 13 heteroatoms. The highest BCUT2D eigenvalue weighted by atomic mass is 32.2. The summed E-state index contributed by atoms with van der Waals surface area (Å²) in [6.07, 6.45) is -3.42. The molecule has 0 atom stereocenters. The van der Waals surface area contributed by atoms with Crippen molar-refractivity contribution in [1.29, 1.82) is 0 Å². The highest BCUT2D eigenvalue weighted by Crippen LogP contribution is 2.39. The molecule has 246 valence electrons. The Bertz CT molecular complexity index is 2160. The fraction of sp³-hybridized carbons (Fsp3) is 0.143. The quantitative estimate of drug-likeness (QED) is 0.0995. The molecule has 8 nitrogen and oxygen atoms in total. The van der Waals surface area contributed by atoms with Crippen molar-refractivity contribution in [1.82, 2.24) is 15.3 Å². The van der Waals surface area contributed by atoms with Gasteiger partial charge in [0, 0.05) is 23.2 Å². The van der Waals surface area contributed by atoms with E-state index in [1.165, 1.54) is 36.7 Å². The smallest absolute Gasteiger partial charge is 0.420 e. The minimum absolute atomic E-state index is 0.0693. The normalized spacial score (nSPS) is 11.9. The summed E-state index contributed by atoms with van der Waals surface area (Å²) in [6.45, 7) is 0.288. The fourth-order valence-corrected chi connectivity index (χ4v) is 6.20. The van der Waals surface area contributed by atoms with Crippen molar-refractivity contribution in [2.24, 2.45) is 0 Å². The van der Waals surface area contributed by atoms with E-state index in [1.54, 1.807) is 66.7 Å². The van der Waals surface area contributed by atoms with Crippen LogP contribution in [0.4, 0.5) is 29.1 Å². The molecule has 0 saturated carbocycles. The van der Waals surface area contributed by atoms with E-state index in [1.807, 2.05) is 0 Å². The van der Waals surface area contributed by atoms with Crippen LogP contribution in [-0.2, 0) is 29.2 Å². The van der Waals surface area contributed by atoms with E-state index < -0.39 is 33.1 Å². The van der Waals surface area contributed by atoms with E-state index >= 15 is 0 Å². The number of rotatable bonds is 12. The van der Waals surface area contributed by atoms with E-state index in [0.29, 0.717) is 40.1 Å². The Morgan fingerprint density at radius 3 is 2.48 bits per heavy atom. The summed E-state index contributed by atoms with van der Waals surface area (Å²) >= 11 is 0. The van der Waals surface area contributed by atoms with Crippen LogP contribution < -0.4 is 15.4 Å². The molecule has 2 heterocycles. The summed E-state index contributed by atoms with van der Waals surface area (Å²) in [6, 6.07) is 26.1. The molecular formula is C35H28F4N4O4S. The van der Waals surface area contributed by atoms with Crippen molar-refractivity contribution < 1.29 is 35.1 Å². The van der Waals surface area contributed by atoms with Crippen molar-refractivity contribution >= 4 is 32.2 Å². The summed E-state index contributed by atoms with van der Waals surface area (Å²) in [5.41, 5.74) is 0.734. The fourth-order valence-electron chi connectivity index (χ4n) is 4.98. The van der Waals surface area contributed by atoms with E-state index in [4.69, 9.17) is 9.15 Å². The average Bonchev–Trinajstić information content (AvgIpc) is 3.55. The molecule has 0 aliphatic rings. The molecule has 0 radical (unpaired) electrons. The van der Waals surface area contributed by atoms with E-state index in [0.717, 1.165) is 6.07 Å². The molecule has 0 amide bonds. The zero-order valence-electron chi connectivity index (χ0n) is 25.2. The summed E-state index contributed by atoms with van der Waals surface area (Å²) in [5.74, 6) is 0.412. The van der Waals surface area contributed by atoms with Gasteiger partial charge in [0.25, 0.3) is 0 Å². The van der Waals surface area contributed by atoms with Gasteiger partial charge in [-0.1, -0.05) is 30.3 Å². The molecular weight excluding hydrogens is 648 g/mol. The number of anilines is 2. The second kappa shape index (κ2) is 13.8. The Balaban J connectivity index is 1.16. The predicted molar refractivity (Wildman–Crippen MR) is 173 cm³/mol. The number of fused-ring (bicyclic) bond motifs is 1. The third kappa shape index (κ3) is 7.81. The van der Waals surface area contributed by atoms with Gasteiger partial charge in [0.05, 0.1) is 28.3 Å². The van der Waals surface area contributed by atoms with Crippen LogP contribution >= 0.6 is 0 Å². The molecule has 0 aliphatic carbocycles. The highest BCUT2D eigenvalue weighted by Gasteiger charge is 2.35. The van der Waals surface area contributed by atoms with Crippen molar-refractivity contribution in [2.75, 3.05) is 17.6 Å². The van der Waals surface area contributed by atoms with Gasteiger partial charge < -0.3 is 19.8 Å². The van der Waals surface area contributed by atoms with Crippen LogP contribution in [-0.4, -0.2) is 30.7 Å². The van der Waals surface area contributed by atoms with Crippen molar-refractivity contribution in [3.63, 3.8) is 0 Å². The van der Waals surface area contributed by atoms with Gasteiger partial charge in [0.15, 0.2) is 9.84 Å². The molecule has 2 aromatic heterocycles. The Morgan fingerprint density at radius 2 is 1.69 bits per heavy atom. The van der Waals surface area contributed by atoms with E-state index in [9.17, 15) is 26.0 Å². The molecule has 0 fully saturated rings. The van der Waals surface area contributed by atoms with Gasteiger partial charge in [0.1, 0.15) is 41.8 Å². The summed E-state index contributed by atoms with van der Waals surface area (Å²) < 4.78 is 92.0. The number of furan rings is 1. The number of ether oxygens (including phenoxy) is 1. The Hall–Kier alpha value is -5.27. The predicted octanol–water partition coefficient (Wildman–Crippen LogP) is 7.93. The van der Waals surface area contributed by atoms with E-state index in [2.05, 4.69) is 20.6 Å². The summed E-state index contributed by atoms with van der Waals surface area (Å²) in [7, 11) is -3.41. The van der Waals surface area contributed by atoms with Gasteiger partial charge in [-0.3, -0.25) is 0 Å². The third-order valence-corrected chi connectivity index (χ3v) is 9.09. The van der Waals surface area contributed by atoms with Crippen molar-refractivity contribution in [3.05, 3.63) is 132 Å². The lowest BCUT2D eigenvalue weighted by molar-refractivity contribution is -0.139. The molecule has 6 rings (SSSR count). The molecule has 0 aliphatic heterocycles. The molecule has 6 aromatic rings. The number of alkyl halides is 3. The second-order valence-corrected chi connectivity index (χ2v) is 12.9. The van der Waals surface area contributed by atoms with Gasteiger partial charge in [-0.2, -0.15) is 13.2 Å². The summed E-state index contributed by atoms with van der Waals surface area (Å²) in [5, 5.41) is 6.59. The maximum atomic E-state index is 14.0. The van der Waals surface area contributed by atoms with Crippen LogP contribution in [0.5, 0.6) is 5.75 Å². The van der Waals surface area contributed by atoms with Gasteiger partial charge >= 0.3 is 6.18 Å². The zero-order valence-corrected chi connectivity index (χ0v) is 26.0. The van der Waals surface area contributed by atoms with Crippen molar-refractivity contribution in [2.45, 2.75) is 24.2 Å². The minimum Gasteiger partial charge on any atom is -0.488 e. The number of halogens is 4. The monoisotopic (exact) mass is 676 g/mol. The summed E-state index contributed by atoms with van der Waals surface area (Å²) in [4.78, 5) is 8.82. The topological polar surface area (TPSA) is 106 Å². The number of sulfone groups is 1. The first-order chi connectivity index (χ1) is 23.0. The van der Waals surface area contributed by atoms with Crippen LogP contribution in [0.3, 0.4) is 0 Å².